The summed E-state index contributed by atoms with van der Waals surface area (Å²) in [6.45, 7) is -0.572. The van der Waals surface area contributed by atoms with Gasteiger partial charge in [0.2, 0.25) is 6.29 Å². The van der Waals surface area contributed by atoms with Gasteiger partial charge in [-0.05, 0) is 42.0 Å². The molecule has 0 amide bonds. The van der Waals surface area contributed by atoms with Gasteiger partial charge in [-0.15, -0.1) is 0 Å². The smallest absolute Gasteiger partial charge is 0.545 e. The van der Waals surface area contributed by atoms with Gasteiger partial charge in [0.15, 0.2) is 0 Å². The topological polar surface area (TPSA) is 144 Å². The number of fused-ring (bicyclic) bond motifs is 1. The molecule has 0 unspecified atom stereocenters. The summed E-state index contributed by atoms with van der Waals surface area (Å²) < 4.78 is 12.7. The van der Waals surface area contributed by atoms with Crippen LogP contribution in [-0.2, 0) is 4.74 Å². The average molecular weight is 472 g/mol. The average Bonchev–Trinajstić information content (AvgIpc) is 3.18. The first kappa shape index (κ1) is 25.0. The van der Waals surface area contributed by atoms with Gasteiger partial charge >= 0.3 is 29.6 Å². The van der Waals surface area contributed by atoms with E-state index in [9.17, 15) is 30.3 Å². The molecule has 1 saturated heterocycles. The minimum Gasteiger partial charge on any atom is -0.545 e. The van der Waals surface area contributed by atoms with Crippen LogP contribution in [0.4, 0.5) is 0 Å². The number of aromatic carboxylic acids is 1. The number of ether oxygens (including phenoxy) is 2. The third-order valence-corrected chi connectivity index (χ3v) is 5.51. The number of aromatic nitrogens is 1. The van der Waals surface area contributed by atoms with E-state index in [1.165, 1.54) is 12.1 Å². The van der Waals surface area contributed by atoms with Crippen molar-refractivity contribution in [1.29, 1.82) is 0 Å². The second-order valence-corrected chi connectivity index (χ2v) is 7.58. The molecule has 32 heavy (non-hydrogen) atoms. The van der Waals surface area contributed by atoms with E-state index in [2.05, 4.69) is 0 Å². The molecule has 164 valence electrons. The molecule has 2 aromatic carbocycles. The van der Waals surface area contributed by atoms with Crippen LogP contribution in [0.5, 0.6) is 5.75 Å². The monoisotopic (exact) mass is 471 g/mol. The zero-order chi connectivity index (χ0) is 22.3. The molecule has 0 aliphatic carbocycles. The van der Waals surface area contributed by atoms with Gasteiger partial charge in [0.1, 0.15) is 30.2 Å². The number of rotatable bonds is 5. The first-order valence-electron chi connectivity index (χ1n) is 9.39. The molecule has 0 saturated carbocycles. The Hall–Kier alpha value is -1.66. The molecule has 4 N–H and O–H groups in total. The van der Waals surface area contributed by atoms with Crippen molar-refractivity contribution in [3.63, 3.8) is 0 Å². The Kier molecular flexibility index (Phi) is 7.87. The summed E-state index contributed by atoms with van der Waals surface area (Å²) in [6, 6.07) is 11.2. The van der Waals surface area contributed by atoms with E-state index in [1.54, 1.807) is 41.1 Å². The Morgan fingerprint density at radius 1 is 1.09 bits per heavy atom. The molecule has 3 aromatic rings. The fourth-order valence-electron chi connectivity index (χ4n) is 3.52. The molecule has 1 aliphatic rings. The molecular weight excluding hydrogens is 453 g/mol. The van der Waals surface area contributed by atoms with Crippen LogP contribution in [0.25, 0.3) is 16.6 Å². The number of halogens is 1. The Balaban J connectivity index is 0.00000289. The van der Waals surface area contributed by atoms with Crippen molar-refractivity contribution in [1.82, 2.24) is 4.57 Å². The van der Waals surface area contributed by atoms with E-state index in [-0.39, 0.29) is 45.9 Å². The number of aliphatic hydroxyl groups excluding tert-OH is 4. The van der Waals surface area contributed by atoms with Crippen molar-refractivity contribution >= 4 is 28.5 Å². The summed E-state index contributed by atoms with van der Waals surface area (Å²) in [4.78, 5) is 11.0. The van der Waals surface area contributed by atoms with Crippen molar-refractivity contribution in [2.75, 3.05) is 6.61 Å². The van der Waals surface area contributed by atoms with Crippen LogP contribution in [0.15, 0.2) is 48.7 Å². The van der Waals surface area contributed by atoms with Crippen LogP contribution in [0.2, 0.25) is 5.02 Å². The SMILES string of the molecule is O=C([O-])c1ccc2c(ccn2-c2ccc(O[C@H]3O[C@H](CO)[C@@H](O)[C@H](O)[C@@H]3O)c(Cl)c2)c1.[Na+]. The molecule has 9 nitrogen and oxygen atoms in total. The molecule has 1 aromatic heterocycles. The number of carbonyl (C=O) groups excluding carboxylic acids is 1. The van der Waals surface area contributed by atoms with Crippen molar-refractivity contribution in [2.45, 2.75) is 30.7 Å². The van der Waals surface area contributed by atoms with Crippen LogP contribution >= 0.6 is 11.6 Å². The van der Waals surface area contributed by atoms with Gasteiger partial charge in [-0.1, -0.05) is 17.7 Å². The predicted molar refractivity (Wildman–Crippen MR) is 107 cm³/mol. The number of benzene rings is 2. The summed E-state index contributed by atoms with van der Waals surface area (Å²) in [7, 11) is 0. The third-order valence-electron chi connectivity index (χ3n) is 5.21. The van der Waals surface area contributed by atoms with Gasteiger partial charge in [0.05, 0.1) is 23.1 Å². The minimum atomic E-state index is -1.56. The second kappa shape index (κ2) is 10.1. The number of hydrogen-bond donors (Lipinski definition) is 4. The number of carbonyl (C=O) groups is 1. The molecule has 1 fully saturated rings. The van der Waals surface area contributed by atoms with Gasteiger partial charge in [-0.2, -0.15) is 0 Å². The van der Waals surface area contributed by atoms with Crippen molar-refractivity contribution in [3.8, 4) is 11.4 Å². The number of hydrogen-bond acceptors (Lipinski definition) is 8. The minimum absolute atomic E-state index is 0. The van der Waals surface area contributed by atoms with Crippen molar-refractivity contribution in [3.05, 3.63) is 59.2 Å². The first-order valence-corrected chi connectivity index (χ1v) is 9.77. The summed E-state index contributed by atoms with van der Waals surface area (Å²) in [5, 5.41) is 51.1. The first-order chi connectivity index (χ1) is 14.8. The Morgan fingerprint density at radius 3 is 2.50 bits per heavy atom. The van der Waals surface area contributed by atoms with Gasteiger partial charge in [0.25, 0.3) is 0 Å². The second-order valence-electron chi connectivity index (χ2n) is 7.18. The van der Waals surface area contributed by atoms with Crippen molar-refractivity contribution in [2.24, 2.45) is 0 Å². The van der Waals surface area contributed by atoms with Crippen LogP contribution in [0, 0.1) is 0 Å². The van der Waals surface area contributed by atoms with E-state index in [0.717, 1.165) is 5.52 Å². The summed E-state index contributed by atoms with van der Waals surface area (Å²) in [6.07, 6.45) is -5.30. The maximum Gasteiger partial charge on any atom is 1.00 e. The maximum absolute atomic E-state index is 11.0. The van der Waals surface area contributed by atoms with Crippen molar-refractivity contribution < 1.29 is 69.4 Å². The predicted octanol–water partition coefficient (Wildman–Crippen LogP) is -3.17. The Labute approximate surface area is 209 Å². The molecule has 4 rings (SSSR count). The van der Waals surface area contributed by atoms with Gasteiger partial charge in [-0.3, -0.25) is 0 Å². The number of nitrogens with zero attached hydrogens (tertiary/aromatic N) is 1. The number of aliphatic hydroxyl groups is 4. The molecule has 0 radical (unpaired) electrons. The number of carboxylic acid groups (broad SMARTS) is 1. The van der Waals surface area contributed by atoms with E-state index in [4.69, 9.17) is 21.1 Å². The van der Waals surface area contributed by atoms with Crippen LogP contribution in [0.1, 0.15) is 10.4 Å². The molecule has 2 heterocycles. The maximum atomic E-state index is 11.0. The van der Waals surface area contributed by atoms with Crippen LogP contribution in [-0.4, -0.2) is 68.3 Å². The fourth-order valence-corrected chi connectivity index (χ4v) is 3.74. The molecule has 0 spiro atoms. The quantitative estimate of drug-likeness (QED) is 0.285. The van der Waals surface area contributed by atoms with Crippen LogP contribution < -0.4 is 39.4 Å². The summed E-state index contributed by atoms with van der Waals surface area (Å²) in [5.41, 5.74) is 1.50. The van der Waals surface area contributed by atoms with Crippen LogP contribution in [0.3, 0.4) is 0 Å². The summed E-state index contributed by atoms with van der Waals surface area (Å²) in [5.74, 6) is -1.10. The largest absolute Gasteiger partial charge is 1.00 e. The molecule has 0 bridgehead atoms. The number of carboxylic acids is 1. The standard InChI is InChI=1S/C21H20ClNO8.Na/c22-13-8-12(23-6-5-10-7-11(20(28)29)1-3-14(10)23)2-4-15(13)30-21-19(27)18(26)17(25)16(9-24)31-21;/h1-8,16-19,21,24-27H,9H2,(H,28,29);/q;+1/p-1/t16-,17-,18+,19+,21+;/m1./s1. The zero-order valence-corrected chi connectivity index (χ0v) is 19.7. The third kappa shape index (κ3) is 4.67. The van der Waals surface area contributed by atoms with E-state index < -0.39 is 43.3 Å². The van der Waals surface area contributed by atoms with E-state index in [1.807, 2.05) is 0 Å². The van der Waals surface area contributed by atoms with E-state index >= 15 is 0 Å². The normalized spacial score (nSPS) is 25.3. The fraction of sp³-hybridized carbons (Fsp3) is 0.286. The molecular formula is C21H19ClNNaO8. The van der Waals surface area contributed by atoms with Gasteiger partial charge in [0, 0.05) is 17.3 Å². The zero-order valence-electron chi connectivity index (χ0n) is 17.0. The molecule has 11 heteroatoms. The molecule has 1 aliphatic heterocycles. The molecule has 5 atom stereocenters. The van der Waals surface area contributed by atoms with Gasteiger partial charge in [-0.25, -0.2) is 0 Å². The van der Waals surface area contributed by atoms with E-state index in [0.29, 0.717) is 11.1 Å². The Morgan fingerprint density at radius 2 is 1.84 bits per heavy atom. The van der Waals surface area contributed by atoms with Gasteiger partial charge < -0.3 is 44.4 Å². The summed E-state index contributed by atoms with van der Waals surface area (Å²) >= 11 is 6.34. The Bertz CT molecular complexity index is 1120.